The highest BCUT2D eigenvalue weighted by Crippen LogP contribution is 2.12. The summed E-state index contributed by atoms with van der Waals surface area (Å²) in [6, 6.07) is 6.18. The summed E-state index contributed by atoms with van der Waals surface area (Å²) < 4.78 is 13.5. The first-order chi connectivity index (χ1) is 10.6. The van der Waals surface area contributed by atoms with E-state index in [4.69, 9.17) is 0 Å². The van der Waals surface area contributed by atoms with Gasteiger partial charge >= 0.3 is 0 Å². The summed E-state index contributed by atoms with van der Waals surface area (Å²) >= 11 is 0. The number of carbonyl (C=O) groups excluding carboxylic acids is 2. The van der Waals surface area contributed by atoms with Gasteiger partial charge in [-0.25, -0.2) is 4.39 Å². The maximum absolute atomic E-state index is 13.5. The summed E-state index contributed by atoms with van der Waals surface area (Å²) in [4.78, 5) is 26.0. The van der Waals surface area contributed by atoms with E-state index in [0.29, 0.717) is 12.6 Å². The second-order valence-electron chi connectivity index (χ2n) is 5.80. The molecule has 1 saturated heterocycles. The molecule has 1 atom stereocenters. The molecule has 120 valence electrons. The second-order valence-corrected chi connectivity index (χ2v) is 5.80. The summed E-state index contributed by atoms with van der Waals surface area (Å²) in [6.07, 6.45) is 2.57. The van der Waals surface area contributed by atoms with E-state index in [2.05, 4.69) is 17.1 Å². The Labute approximate surface area is 130 Å². The molecule has 1 amide bonds. The van der Waals surface area contributed by atoms with Crippen molar-refractivity contribution < 1.29 is 14.0 Å². The average Bonchev–Trinajstić information content (AvgIpc) is 3.05. The molecule has 2 rings (SSSR count). The van der Waals surface area contributed by atoms with E-state index in [1.807, 2.05) is 0 Å². The lowest BCUT2D eigenvalue weighted by Crippen LogP contribution is -2.40. The number of Topliss-reactive ketones (excluding diaryl/α,β-unsaturated/α-hetero) is 1. The van der Waals surface area contributed by atoms with Crippen molar-refractivity contribution in [3.8, 4) is 0 Å². The molecule has 1 aliphatic heterocycles. The summed E-state index contributed by atoms with van der Waals surface area (Å²) in [5, 5.41) is 2.85. The van der Waals surface area contributed by atoms with E-state index in [-0.39, 0.29) is 30.1 Å². The molecule has 1 unspecified atom stereocenters. The van der Waals surface area contributed by atoms with Gasteiger partial charge in [0.1, 0.15) is 5.82 Å². The van der Waals surface area contributed by atoms with Gasteiger partial charge in [0.05, 0.1) is 5.56 Å². The number of nitrogens with one attached hydrogen (secondary N) is 1. The van der Waals surface area contributed by atoms with Crippen molar-refractivity contribution >= 4 is 11.7 Å². The Kier molecular flexibility index (Phi) is 6.07. The Morgan fingerprint density at radius 3 is 2.59 bits per heavy atom. The van der Waals surface area contributed by atoms with Crippen LogP contribution in [0.1, 0.15) is 43.0 Å². The number of benzene rings is 1. The Hall–Kier alpha value is -1.75. The van der Waals surface area contributed by atoms with Crippen LogP contribution in [0.4, 0.5) is 4.39 Å². The molecule has 0 saturated carbocycles. The third-order valence-electron chi connectivity index (χ3n) is 4.11. The van der Waals surface area contributed by atoms with Crippen LogP contribution >= 0.6 is 0 Å². The summed E-state index contributed by atoms with van der Waals surface area (Å²) in [6.45, 7) is 4.86. The molecule has 1 fully saturated rings. The molecule has 1 N–H and O–H groups in total. The molecule has 1 aromatic carbocycles. The highest BCUT2D eigenvalue weighted by Gasteiger charge is 2.18. The minimum atomic E-state index is -0.532. The van der Waals surface area contributed by atoms with Crippen LogP contribution in [0.5, 0.6) is 0 Å². The van der Waals surface area contributed by atoms with Gasteiger partial charge in [-0.15, -0.1) is 0 Å². The first-order valence-corrected chi connectivity index (χ1v) is 7.86. The van der Waals surface area contributed by atoms with Gasteiger partial charge in [-0.05, 0) is 45.0 Å². The topological polar surface area (TPSA) is 49.4 Å². The smallest absolute Gasteiger partial charge is 0.220 e. The SMILES string of the molecule is CC(CNC(=O)CCC(=O)c1ccccc1F)N1CCCC1. The van der Waals surface area contributed by atoms with E-state index in [0.717, 1.165) is 13.1 Å². The number of likely N-dealkylation sites (tertiary alicyclic amines) is 1. The highest BCUT2D eigenvalue weighted by atomic mass is 19.1. The van der Waals surface area contributed by atoms with Crippen LogP contribution in [-0.2, 0) is 4.79 Å². The fourth-order valence-corrected chi connectivity index (χ4v) is 2.71. The first-order valence-electron chi connectivity index (χ1n) is 7.86. The van der Waals surface area contributed by atoms with E-state index < -0.39 is 5.82 Å². The number of carbonyl (C=O) groups is 2. The van der Waals surface area contributed by atoms with Crippen LogP contribution in [-0.4, -0.2) is 42.3 Å². The number of hydrogen-bond donors (Lipinski definition) is 1. The van der Waals surface area contributed by atoms with Gasteiger partial charge in [-0.2, -0.15) is 0 Å². The predicted molar refractivity (Wildman–Crippen MR) is 83.2 cm³/mol. The average molecular weight is 306 g/mol. The number of amides is 1. The minimum Gasteiger partial charge on any atom is -0.355 e. The van der Waals surface area contributed by atoms with Crippen LogP contribution in [0.3, 0.4) is 0 Å². The predicted octanol–water partition coefficient (Wildman–Crippen LogP) is 2.39. The quantitative estimate of drug-likeness (QED) is 0.787. The lowest BCUT2D eigenvalue weighted by atomic mass is 10.1. The van der Waals surface area contributed by atoms with Crippen molar-refractivity contribution in [3.63, 3.8) is 0 Å². The van der Waals surface area contributed by atoms with Crippen LogP contribution in [0.15, 0.2) is 24.3 Å². The van der Waals surface area contributed by atoms with Crippen molar-refractivity contribution in [2.45, 2.75) is 38.6 Å². The largest absolute Gasteiger partial charge is 0.355 e. The number of halogens is 1. The van der Waals surface area contributed by atoms with E-state index in [1.54, 1.807) is 12.1 Å². The number of rotatable bonds is 7. The fraction of sp³-hybridized carbons (Fsp3) is 0.529. The van der Waals surface area contributed by atoms with Crippen molar-refractivity contribution in [1.82, 2.24) is 10.2 Å². The van der Waals surface area contributed by atoms with Crippen molar-refractivity contribution in [2.75, 3.05) is 19.6 Å². The van der Waals surface area contributed by atoms with E-state index >= 15 is 0 Å². The van der Waals surface area contributed by atoms with Crippen molar-refractivity contribution in [2.24, 2.45) is 0 Å². The molecule has 0 aliphatic carbocycles. The summed E-state index contributed by atoms with van der Waals surface area (Å²) in [7, 11) is 0. The van der Waals surface area contributed by atoms with E-state index in [9.17, 15) is 14.0 Å². The Morgan fingerprint density at radius 2 is 1.91 bits per heavy atom. The third kappa shape index (κ3) is 4.63. The molecule has 0 spiro atoms. The van der Waals surface area contributed by atoms with Crippen LogP contribution in [0.2, 0.25) is 0 Å². The van der Waals surface area contributed by atoms with Crippen molar-refractivity contribution in [3.05, 3.63) is 35.6 Å². The normalized spacial score (nSPS) is 16.5. The van der Waals surface area contributed by atoms with Gasteiger partial charge in [0.15, 0.2) is 5.78 Å². The zero-order valence-electron chi connectivity index (χ0n) is 13.0. The third-order valence-corrected chi connectivity index (χ3v) is 4.11. The molecule has 0 bridgehead atoms. The molecule has 22 heavy (non-hydrogen) atoms. The molecular weight excluding hydrogens is 283 g/mol. The summed E-state index contributed by atoms with van der Waals surface area (Å²) in [5.74, 6) is -1.02. The van der Waals surface area contributed by atoms with E-state index in [1.165, 1.54) is 25.0 Å². The van der Waals surface area contributed by atoms with Gasteiger partial charge in [0, 0.05) is 25.4 Å². The van der Waals surface area contributed by atoms with Crippen LogP contribution in [0.25, 0.3) is 0 Å². The number of ketones is 1. The van der Waals surface area contributed by atoms with Crippen LogP contribution < -0.4 is 5.32 Å². The van der Waals surface area contributed by atoms with Crippen LogP contribution in [0, 0.1) is 5.82 Å². The standard InChI is InChI=1S/C17H23FN2O2/c1-13(20-10-4-5-11-20)12-19-17(22)9-8-16(21)14-6-2-3-7-15(14)18/h2-3,6-7,13H,4-5,8-12H2,1H3,(H,19,22). The second kappa shape index (κ2) is 8.03. The molecule has 1 aromatic rings. The van der Waals surface area contributed by atoms with Gasteiger partial charge in [-0.3, -0.25) is 14.5 Å². The lowest BCUT2D eigenvalue weighted by molar-refractivity contribution is -0.121. The molecule has 4 nitrogen and oxygen atoms in total. The lowest BCUT2D eigenvalue weighted by Gasteiger charge is -2.23. The Balaban J connectivity index is 1.71. The monoisotopic (exact) mass is 306 g/mol. The minimum absolute atomic E-state index is 0.0326. The van der Waals surface area contributed by atoms with Gasteiger partial charge in [0.2, 0.25) is 5.91 Å². The Bertz CT molecular complexity index is 527. The molecule has 0 radical (unpaired) electrons. The van der Waals surface area contributed by atoms with Crippen molar-refractivity contribution in [1.29, 1.82) is 0 Å². The number of nitrogens with zero attached hydrogens (tertiary/aromatic N) is 1. The zero-order valence-corrected chi connectivity index (χ0v) is 13.0. The molecule has 1 aliphatic rings. The maximum Gasteiger partial charge on any atom is 0.220 e. The molecule has 0 aromatic heterocycles. The zero-order chi connectivity index (χ0) is 15.9. The maximum atomic E-state index is 13.5. The van der Waals surface area contributed by atoms with Gasteiger partial charge in [0.25, 0.3) is 0 Å². The van der Waals surface area contributed by atoms with Gasteiger partial charge in [-0.1, -0.05) is 12.1 Å². The highest BCUT2D eigenvalue weighted by molar-refractivity contribution is 5.98. The molecule has 5 heteroatoms. The van der Waals surface area contributed by atoms with Gasteiger partial charge < -0.3 is 5.32 Å². The molecule has 1 heterocycles. The summed E-state index contributed by atoms with van der Waals surface area (Å²) in [5.41, 5.74) is 0.0562. The number of hydrogen-bond acceptors (Lipinski definition) is 3. The molecular formula is C17H23FN2O2. The fourth-order valence-electron chi connectivity index (χ4n) is 2.71. The Morgan fingerprint density at radius 1 is 1.23 bits per heavy atom. The first kappa shape index (κ1) is 16.6.